The van der Waals surface area contributed by atoms with E-state index in [1.54, 1.807) is 0 Å². The van der Waals surface area contributed by atoms with Crippen LogP contribution >= 0.6 is 11.6 Å². The first kappa shape index (κ1) is 14.8. The van der Waals surface area contributed by atoms with E-state index in [9.17, 15) is 4.79 Å². The first-order valence-electron chi connectivity index (χ1n) is 6.94. The molecule has 2 aromatic rings. The van der Waals surface area contributed by atoms with E-state index in [1.807, 2.05) is 31.2 Å². The van der Waals surface area contributed by atoms with Crippen LogP contribution in [0.25, 0.3) is 0 Å². The SMILES string of the molecule is CC[C@@H](Cc1cccc(C=O)c1)c1ccc(Cl)c(C)c1. The van der Waals surface area contributed by atoms with E-state index in [0.29, 0.717) is 5.92 Å². The maximum absolute atomic E-state index is 10.9. The molecule has 0 spiro atoms. The van der Waals surface area contributed by atoms with E-state index in [-0.39, 0.29) is 0 Å². The van der Waals surface area contributed by atoms with Gasteiger partial charge >= 0.3 is 0 Å². The lowest BCUT2D eigenvalue weighted by Crippen LogP contribution is -2.03. The molecule has 0 amide bonds. The molecular weight excluding hydrogens is 268 g/mol. The van der Waals surface area contributed by atoms with Crippen molar-refractivity contribution in [2.45, 2.75) is 32.6 Å². The quantitative estimate of drug-likeness (QED) is 0.691. The highest BCUT2D eigenvalue weighted by atomic mass is 35.5. The zero-order valence-corrected chi connectivity index (χ0v) is 12.7. The highest BCUT2D eigenvalue weighted by Gasteiger charge is 2.11. The van der Waals surface area contributed by atoms with Crippen molar-refractivity contribution in [1.82, 2.24) is 0 Å². The predicted molar refractivity (Wildman–Crippen MR) is 84.8 cm³/mol. The molecule has 20 heavy (non-hydrogen) atoms. The van der Waals surface area contributed by atoms with Gasteiger partial charge in [0.2, 0.25) is 0 Å². The maximum Gasteiger partial charge on any atom is 0.150 e. The lowest BCUT2D eigenvalue weighted by atomic mass is 9.89. The molecule has 0 bridgehead atoms. The number of carbonyl (C=O) groups is 1. The molecule has 0 aromatic heterocycles. The molecule has 0 radical (unpaired) electrons. The van der Waals surface area contributed by atoms with Crippen LogP contribution in [-0.2, 0) is 6.42 Å². The molecule has 1 nitrogen and oxygen atoms in total. The van der Waals surface area contributed by atoms with Crippen LogP contribution in [-0.4, -0.2) is 6.29 Å². The molecule has 0 aliphatic carbocycles. The smallest absolute Gasteiger partial charge is 0.150 e. The summed E-state index contributed by atoms with van der Waals surface area (Å²) in [4.78, 5) is 10.9. The van der Waals surface area contributed by atoms with Crippen LogP contribution in [0.3, 0.4) is 0 Å². The highest BCUT2D eigenvalue weighted by Crippen LogP contribution is 2.27. The zero-order chi connectivity index (χ0) is 14.5. The zero-order valence-electron chi connectivity index (χ0n) is 11.9. The molecule has 2 heteroatoms. The summed E-state index contributed by atoms with van der Waals surface area (Å²) >= 11 is 6.09. The van der Waals surface area contributed by atoms with Gasteiger partial charge in [0.15, 0.2) is 0 Å². The van der Waals surface area contributed by atoms with Gasteiger partial charge in [-0.25, -0.2) is 0 Å². The second kappa shape index (κ2) is 6.71. The van der Waals surface area contributed by atoms with Gasteiger partial charge in [-0.05, 0) is 54.5 Å². The largest absolute Gasteiger partial charge is 0.298 e. The minimum absolute atomic E-state index is 0.452. The second-order valence-corrected chi connectivity index (χ2v) is 5.59. The molecule has 0 saturated heterocycles. The maximum atomic E-state index is 10.9. The number of rotatable bonds is 5. The van der Waals surface area contributed by atoms with Gasteiger partial charge in [0.25, 0.3) is 0 Å². The van der Waals surface area contributed by atoms with Crippen LogP contribution in [0.4, 0.5) is 0 Å². The molecule has 0 heterocycles. The molecule has 2 aromatic carbocycles. The van der Waals surface area contributed by atoms with Crippen molar-refractivity contribution in [2.75, 3.05) is 0 Å². The van der Waals surface area contributed by atoms with Crippen molar-refractivity contribution in [2.24, 2.45) is 0 Å². The lowest BCUT2D eigenvalue weighted by Gasteiger charge is -2.17. The average Bonchev–Trinajstić information content (AvgIpc) is 2.48. The van der Waals surface area contributed by atoms with Crippen molar-refractivity contribution in [3.63, 3.8) is 0 Å². The fourth-order valence-electron chi connectivity index (χ4n) is 2.50. The summed E-state index contributed by atoms with van der Waals surface area (Å²) in [7, 11) is 0. The Morgan fingerprint density at radius 3 is 2.65 bits per heavy atom. The summed E-state index contributed by atoms with van der Waals surface area (Å²) in [6.45, 7) is 4.23. The normalized spacial score (nSPS) is 12.2. The van der Waals surface area contributed by atoms with Gasteiger partial charge in [0, 0.05) is 10.6 Å². The lowest BCUT2D eigenvalue weighted by molar-refractivity contribution is 0.112. The molecule has 1 atom stereocenters. The first-order valence-corrected chi connectivity index (χ1v) is 7.32. The van der Waals surface area contributed by atoms with E-state index >= 15 is 0 Å². The number of carbonyl (C=O) groups excluding carboxylic acids is 1. The van der Waals surface area contributed by atoms with Crippen molar-refractivity contribution in [1.29, 1.82) is 0 Å². The Bertz CT molecular complexity index is 604. The van der Waals surface area contributed by atoms with Crippen molar-refractivity contribution in [3.05, 3.63) is 69.7 Å². The van der Waals surface area contributed by atoms with E-state index in [4.69, 9.17) is 11.6 Å². The van der Waals surface area contributed by atoms with Gasteiger partial charge in [0.1, 0.15) is 6.29 Å². The minimum atomic E-state index is 0.452. The Morgan fingerprint density at radius 2 is 2.00 bits per heavy atom. The third kappa shape index (κ3) is 3.49. The third-order valence-electron chi connectivity index (χ3n) is 3.72. The molecule has 0 saturated carbocycles. The van der Waals surface area contributed by atoms with Crippen LogP contribution in [0, 0.1) is 6.92 Å². The number of aryl methyl sites for hydroxylation is 1. The molecule has 104 valence electrons. The molecule has 0 unspecified atom stereocenters. The Labute approximate surface area is 125 Å². The van der Waals surface area contributed by atoms with Crippen molar-refractivity contribution >= 4 is 17.9 Å². The number of hydrogen-bond donors (Lipinski definition) is 0. The fraction of sp³-hybridized carbons (Fsp3) is 0.278. The summed E-state index contributed by atoms with van der Waals surface area (Å²) in [6.07, 6.45) is 2.91. The Morgan fingerprint density at radius 1 is 1.20 bits per heavy atom. The Balaban J connectivity index is 2.23. The highest BCUT2D eigenvalue weighted by molar-refractivity contribution is 6.31. The van der Waals surface area contributed by atoms with Crippen LogP contribution in [0.2, 0.25) is 5.02 Å². The van der Waals surface area contributed by atoms with Gasteiger partial charge in [-0.3, -0.25) is 4.79 Å². The molecule has 0 fully saturated rings. The van der Waals surface area contributed by atoms with E-state index in [1.165, 1.54) is 11.1 Å². The van der Waals surface area contributed by atoms with Crippen molar-refractivity contribution < 1.29 is 4.79 Å². The summed E-state index contributed by atoms with van der Waals surface area (Å²) in [5.74, 6) is 0.452. The monoisotopic (exact) mass is 286 g/mol. The predicted octanol–water partition coefficient (Wildman–Crippen LogP) is 5.20. The second-order valence-electron chi connectivity index (χ2n) is 5.18. The first-order chi connectivity index (χ1) is 9.63. The number of aldehydes is 1. The van der Waals surface area contributed by atoms with Crippen LogP contribution in [0.1, 0.15) is 46.3 Å². The van der Waals surface area contributed by atoms with Crippen molar-refractivity contribution in [3.8, 4) is 0 Å². The summed E-state index contributed by atoms with van der Waals surface area (Å²) in [5, 5.41) is 0.812. The summed E-state index contributed by atoms with van der Waals surface area (Å²) in [5.41, 5.74) is 4.37. The Hall–Kier alpha value is -1.60. The van der Waals surface area contributed by atoms with E-state index in [0.717, 1.165) is 35.3 Å². The molecule has 2 rings (SSSR count). The molecule has 0 aliphatic rings. The van der Waals surface area contributed by atoms with Gasteiger partial charge in [-0.1, -0.05) is 48.9 Å². The summed E-state index contributed by atoms with van der Waals surface area (Å²) < 4.78 is 0. The summed E-state index contributed by atoms with van der Waals surface area (Å²) in [6, 6.07) is 14.1. The minimum Gasteiger partial charge on any atom is -0.298 e. The molecule has 0 N–H and O–H groups in total. The Kier molecular flexibility index (Phi) is 4.97. The number of benzene rings is 2. The van der Waals surface area contributed by atoms with Crippen LogP contribution in [0.15, 0.2) is 42.5 Å². The molecule has 0 aliphatic heterocycles. The van der Waals surface area contributed by atoms with E-state index in [2.05, 4.69) is 25.1 Å². The van der Waals surface area contributed by atoms with Gasteiger partial charge in [0.05, 0.1) is 0 Å². The fourth-order valence-corrected chi connectivity index (χ4v) is 2.62. The number of halogens is 1. The molecular formula is C18H19ClO. The standard InChI is InChI=1S/C18H19ClO/c1-3-16(17-7-8-18(19)13(2)9-17)11-14-5-4-6-15(10-14)12-20/h4-10,12,16H,3,11H2,1-2H3/t16-/m0/s1. The van der Waals surface area contributed by atoms with Gasteiger partial charge < -0.3 is 0 Å². The van der Waals surface area contributed by atoms with E-state index < -0.39 is 0 Å². The average molecular weight is 287 g/mol. The van der Waals surface area contributed by atoms with Gasteiger partial charge in [-0.2, -0.15) is 0 Å². The van der Waals surface area contributed by atoms with Crippen LogP contribution in [0.5, 0.6) is 0 Å². The number of hydrogen-bond acceptors (Lipinski definition) is 1. The van der Waals surface area contributed by atoms with Crippen LogP contribution < -0.4 is 0 Å². The van der Waals surface area contributed by atoms with Gasteiger partial charge in [-0.15, -0.1) is 0 Å². The topological polar surface area (TPSA) is 17.1 Å². The third-order valence-corrected chi connectivity index (χ3v) is 4.14.